The van der Waals surface area contributed by atoms with Crippen LogP contribution in [0.25, 0.3) is 11.5 Å². The first-order chi connectivity index (χ1) is 13.3. The van der Waals surface area contributed by atoms with E-state index < -0.39 is 0 Å². The van der Waals surface area contributed by atoms with E-state index >= 15 is 0 Å². The van der Waals surface area contributed by atoms with Crippen molar-refractivity contribution in [3.8, 4) is 11.5 Å². The Hall–Kier alpha value is -3.00. The zero-order valence-electron chi connectivity index (χ0n) is 15.1. The summed E-state index contributed by atoms with van der Waals surface area (Å²) >= 11 is 0. The summed E-state index contributed by atoms with van der Waals surface area (Å²) in [6.07, 6.45) is 8.02. The Bertz CT molecular complexity index is 880. The molecule has 1 fully saturated rings. The second-order valence-corrected chi connectivity index (χ2v) is 6.67. The fourth-order valence-electron chi connectivity index (χ4n) is 3.32. The highest BCUT2D eigenvalue weighted by Crippen LogP contribution is 2.21. The number of carbonyl (C=O) groups excluding carboxylic acids is 1. The molecule has 0 aliphatic carbocycles. The van der Waals surface area contributed by atoms with Crippen LogP contribution in [0.3, 0.4) is 0 Å². The van der Waals surface area contributed by atoms with Gasteiger partial charge in [-0.05, 0) is 38.1 Å². The smallest absolute Gasteiger partial charge is 0.226 e. The first-order valence-electron chi connectivity index (χ1n) is 9.28. The van der Waals surface area contributed by atoms with Gasteiger partial charge in [-0.3, -0.25) is 4.79 Å². The highest BCUT2D eigenvalue weighted by atomic mass is 16.1. The minimum Gasteiger partial charge on any atom is -0.329 e. The lowest BCUT2D eigenvalue weighted by Gasteiger charge is -2.22. The summed E-state index contributed by atoms with van der Waals surface area (Å²) in [5, 5.41) is 14.8. The number of piperidine rings is 1. The molecule has 27 heavy (non-hydrogen) atoms. The van der Waals surface area contributed by atoms with Gasteiger partial charge in [-0.25, -0.2) is 9.67 Å². The van der Waals surface area contributed by atoms with E-state index in [1.54, 1.807) is 6.20 Å². The second kappa shape index (κ2) is 8.13. The summed E-state index contributed by atoms with van der Waals surface area (Å²) in [4.78, 5) is 16.6. The van der Waals surface area contributed by atoms with Crippen molar-refractivity contribution in [3.63, 3.8) is 0 Å². The third-order valence-corrected chi connectivity index (χ3v) is 4.77. The highest BCUT2D eigenvalue weighted by molar-refractivity contribution is 5.90. The van der Waals surface area contributed by atoms with Gasteiger partial charge in [-0.15, -0.1) is 5.10 Å². The Balaban J connectivity index is 1.39. The molecule has 8 nitrogen and oxygen atoms in total. The van der Waals surface area contributed by atoms with E-state index in [2.05, 4.69) is 25.9 Å². The molecule has 3 aromatic rings. The summed E-state index contributed by atoms with van der Waals surface area (Å²) in [5.41, 5.74) is 1.54. The van der Waals surface area contributed by atoms with Gasteiger partial charge >= 0.3 is 0 Å². The molecule has 0 spiro atoms. The fourth-order valence-corrected chi connectivity index (χ4v) is 3.32. The third kappa shape index (κ3) is 4.22. The molecule has 1 aromatic carbocycles. The van der Waals surface area contributed by atoms with Gasteiger partial charge in [-0.2, -0.15) is 0 Å². The van der Waals surface area contributed by atoms with Crippen molar-refractivity contribution in [2.45, 2.75) is 31.8 Å². The van der Waals surface area contributed by atoms with Crippen LogP contribution in [-0.4, -0.2) is 43.5 Å². The van der Waals surface area contributed by atoms with E-state index in [-0.39, 0.29) is 5.91 Å². The van der Waals surface area contributed by atoms with Gasteiger partial charge < -0.3 is 15.2 Å². The molecule has 1 aliphatic heterocycles. The Morgan fingerprint density at radius 2 is 2.04 bits per heavy atom. The number of hydrogen-bond donors (Lipinski definition) is 2. The van der Waals surface area contributed by atoms with E-state index in [1.165, 1.54) is 0 Å². The lowest BCUT2D eigenvalue weighted by Crippen LogP contribution is -2.29. The maximum absolute atomic E-state index is 12.2. The maximum atomic E-state index is 12.2. The van der Waals surface area contributed by atoms with Crippen LogP contribution in [0.1, 0.15) is 25.3 Å². The zero-order chi connectivity index (χ0) is 18.5. The molecule has 1 aliphatic rings. The lowest BCUT2D eigenvalue weighted by molar-refractivity contribution is -0.116. The van der Waals surface area contributed by atoms with Crippen molar-refractivity contribution in [1.29, 1.82) is 0 Å². The van der Waals surface area contributed by atoms with Crippen molar-refractivity contribution in [2.24, 2.45) is 0 Å². The number of aromatic nitrogens is 5. The molecular weight excluding hydrogens is 342 g/mol. The minimum atomic E-state index is -0.0285. The Kier molecular flexibility index (Phi) is 5.24. The second-order valence-electron chi connectivity index (χ2n) is 6.67. The lowest BCUT2D eigenvalue weighted by atomic mass is 10.1. The van der Waals surface area contributed by atoms with E-state index in [0.717, 1.165) is 43.1 Å². The molecule has 3 heterocycles. The number of nitrogens with one attached hydrogen (secondary N) is 2. The molecule has 2 N–H and O–H groups in total. The number of para-hydroxylation sites is 1. The van der Waals surface area contributed by atoms with Crippen molar-refractivity contribution in [2.75, 3.05) is 18.4 Å². The van der Waals surface area contributed by atoms with Crippen LogP contribution < -0.4 is 10.6 Å². The quantitative estimate of drug-likeness (QED) is 0.698. The number of anilines is 1. The molecule has 4 rings (SSSR count). The Labute approximate surface area is 157 Å². The minimum absolute atomic E-state index is 0.0285. The molecule has 140 valence electrons. The summed E-state index contributed by atoms with van der Waals surface area (Å²) < 4.78 is 3.89. The number of imidazole rings is 1. The van der Waals surface area contributed by atoms with Crippen molar-refractivity contribution in [1.82, 2.24) is 29.9 Å². The highest BCUT2D eigenvalue weighted by Gasteiger charge is 2.18. The molecular formula is C19H23N7O. The van der Waals surface area contributed by atoms with Crippen LogP contribution in [0.2, 0.25) is 0 Å². The number of carbonyl (C=O) groups is 1. The Morgan fingerprint density at radius 3 is 2.85 bits per heavy atom. The third-order valence-electron chi connectivity index (χ3n) is 4.77. The van der Waals surface area contributed by atoms with Crippen LogP contribution in [0.5, 0.6) is 0 Å². The SMILES string of the molecule is O=C(CCn1ccnc1-c1cn(C2CCNCC2)nn1)Nc1ccccc1. The molecule has 0 bridgehead atoms. The van der Waals surface area contributed by atoms with Crippen LogP contribution in [0.4, 0.5) is 5.69 Å². The number of benzene rings is 1. The summed E-state index contributed by atoms with van der Waals surface area (Å²) in [6.45, 7) is 2.55. The van der Waals surface area contributed by atoms with Gasteiger partial charge in [0.15, 0.2) is 5.82 Å². The van der Waals surface area contributed by atoms with Crippen molar-refractivity contribution >= 4 is 11.6 Å². The van der Waals surface area contributed by atoms with Gasteiger partial charge in [0, 0.05) is 31.0 Å². The number of nitrogens with zero attached hydrogens (tertiary/aromatic N) is 5. The fraction of sp³-hybridized carbons (Fsp3) is 0.368. The monoisotopic (exact) mass is 365 g/mol. The van der Waals surface area contributed by atoms with Gasteiger partial charge in [-0.1, -0.05) is 23.4 Å². The standard InChI is InChI=1S/C19H23N7O/c27-18(22-15-4-2-1-3-5-15)8-12-25-13-11-21-19(25)17-14-26(24-23-17)16-6-9-20-10-7-16/h1-5,11,13-14,16,20H,6-10,12H2,(H,22,27). The van der Waals surface area contributed by atoms with Crippen LogP contribution in [0, 0.1) is 0 Å². The number of aryl methyl sites for hydroxylation is 1. The number of rotatable bonds is 6. The summed E-state index contributed by atoms with van der Waals surface area (Å²) in [7, 11) is 0. The summed E-state index contributed by atoms with van der Waals surface area (Å²) in [5.74, 6) is 0.710. The van der Waals surface area contributed by atoms with Crippen molar-refractivity contribution < 1.29 is 4.79 Å². The van der Waals surface area contributed by atoms with Crippen LogP contribution >= 0.6 is 0 Å². The van der Waals surface area contributed by atoms with E-state index in [0.29, 0.717) is 19.0 Å². The predicted octanol–water partition coefficient (Wildman–Crippen LogP) is 2.09. The molecule has 0 radical (unpaired) electrons. The normalized spacial score (nSPS) is 15.0. The average molecular weight is 365 g/mol. The largest absolute Gasteiger partial charge is 0.329 e. The number of hydrogen-bond acceptors (Lipinski definition) is 5. The van der Waals surface area contributed by atoms with Gasteiger partial charge in [0.05, 0.1) is 12.2 Å². The van der Waals surface area contributed by atoms with Crippen LogP contribution in [-0.2, 0) is 11.3 Å². The molecule has 1 saturated heterocycles. The van der Waals surface area contributed by atoms with E-state index in [1.807, 2.05) is 52.0 Å². The van der Waals surface area contributed by atoms with Gasteiger partial charge in [0.25, 0.3) is 0 Å². The van der Waals surface area contributed by atoms with E-state index in [4.69, 9.17) is 0 Å². The van der Waals surface area contributed by atoms with Gasteiger partial charge in [0.1, 0.15) is 5.69 Å². The average Bonchev–Trinajstić information content (AvgIpc) is 3.37. The molecule has 1 amide bonds. The zero-order valence-corrected chi connectivity index (χ0v) is 15.1. The topological polar surface area (TPSA) is 89.7 Å². The van der Waals surface area contributed by atoms with Crippen molar-refractivity contribution in [3.05, 3.63) is 48.9 Å². The summed E-state index contributed by atoms with van der Waals surface area (Å²) in [6, 6.07) is 9.85. The van der Waals surface area contributed by atoms with E-state index in [9.17, 15) is 4.79 Å². The molecule has 2 aromatic heterocycles. The first-order valence-corrected chi connectivity index (χ1v) is 9.28. The molecule has 8 heteroatoms. The van der Waals surface area contributed by atoms with Crippen LogP contribution in [0.15, 0.2) is 48.9 Å². The molecule has 0 saturated carbocycles. The Morgan fingerprint density at radius 1 is 1.22 bits per heavy atom. The maximum Gasteiger partial charge on any atom is 0.226 e. The number of amides is 1. The first kappa shape index (κ1) is 17.4. The molecule has 0 atom stereocenters. The van der Waals surface area contributed by atoms with Gasteiger partial charge in [0.2, 0.25) is 5.91 Å². The molecule has 0 unspecified atom stereocenters. The predicted molar refractivity (Wildman–Crippen MR) is 102 cm³/mol.